The summed E-state index contributed by atoms with van der Waals surface area (Å²) < 4.78 is 24.0. The van der Waals surface area contributed by atoms with Gasteiger partial charge >= 0.3 is 0 Å². The highest BCUT2D eigenvalue weighted by molar-refractivity contribution is 7.95. The highest BCUT2D eigenvalue weighted by atomic mass is 32.2. The predicted molar refractivity (Wildman–Crippen MR) is 77.6 cm³/mol. The molecule has 0 saturated heterocycles. The van der Waals surface area contributed by atoms with E-state index >= 15 is 0 Å². The lowest BCUT2D eigenvalue weighted by molar-refractivity contribution is 0.609. The van der Waals surface area contributed by atoms with Crippen molar-refractivity contribution >= 4 is 48.0 Å². The zero-order chi connectivity index (χ0) is 13.5. The van der Waals surface area contributed by atoms with Crippen molar-refractivity contribution in [2.24, 2.45) is 0 Å². The maximum atomic E-state index is 11.4. The molecule has 2 aromatic heterocycles. The molecule has 0 fully saturated rings. The van der Waals surface area contributed by atoms with Gasteiger partial charge in [-0.05, 0) is 36.4 Å². The fourth-order valence-corrected chi connectivity index (χ4v) is 4.78. The van der Waals surface area contributed by atoms with E-state index in [1.54, 1.807) is 17.4 Å². The molecular formula is C12H11NO2S3. The van der Waals surface area contributed by atoms with E-state index < -0.39 is 9.84 Å². The Balaban J connectivity index is 2.67. The first-order chi connectivity index (χ1) is 8.34. The van der Waals surface area contributed by atoms with E-state index in [4.69, 9.17) is 5.26 Å². The van der Waals surface area contributed by atoms with Crippen LogP contribution in [-0.4, -0.2) is 14.7 Å². The zero-order valence-electron chi connectivity index (χ0n) is 10.1. The first-order valence-corrected chi connectivity index (χ1v) is 8.72. The van der Waals surface area contributed by atoms with Crippen LogP contribution in [0.1, 0.15) is 16.0 Å². The number of sulfone groups is 1. The maximum absolute atomic E-state index is 11.4. The van der Waals surface area contributed by atoms with Gasteiger partial charge in [-0.3, -0.25) is 0 Å². The van der Waals surface area contributed by atoms with Gasteiger partial charge in [-0.1, -0.05) is 0 Å². The van der Waals surface area contributed by atoms with Gasteiger partial charge in [0.25, 0.3) is 0 Å². The molecule has 0 bridgehead atoms. The smallest absolute Gasteiger partial charge is 0.185 e. The van der Waals surface area contributed by atoms with Gasteiger partial charge in [-0.2, -0.15) is 5.26 Å². The first-order valence-electron chi connectivity index (χ1n) is 5.13. The van der Waals surface area contributed by atoms with Crippen LogP contribution in [0, 0.1) is 25.2 Å². The van der Waals surface area contributed by atoms with E-state index in [0.29, 0.717) is 0 Å². The number of rotatable bonds is 2. The topological polar surface area (TPSA) is 57.9 Å². The Morgan fingerprint density at radius 2 is 2.11 bits per heavy atom. The van der Waals surface area contributed by atoms with Crippen LogP contribution in [0.15, 0.2) is 10.3 Å². The molecule has 0 saturated carbocycles. The standard InChI is InChI=1S/C12H11NO2S3/c1-7-6-16-12-11(7)8(2)10(17-12)4-9(5-13)18(3,14)15/h4,6H,1-3H3. The normalized spacial score (nSPS) is 12.9. The largest absolute Gasteiger partial charge is 0.223 e. The monoisotopic (exact) mass is 297 g/mol. The molecule has 0 atom stereocenters. The average Bonchev–Trinajstić information content (AvgIpc) is 2.76. The Labute approximate surface area is 114 Å². The van der Waals surface area contributed by atoms with Crippen LogP contribution in [0.25, 0.3) is 15.5 Å². The molecule has 0 unspecified atom stereocenters. The van der Waals surface area contributed by atoms with Crippen molar-refractivity contribution < 1.29 is 8.42 Å². The molecule has 2 aromatic rings. The Bertz CT molecular complexity index is 785. The Morgan fingerprint density at radius 1 is 1.44 bits per heavy atom. The van der Waals surface area contributed by atoms with E-state index in [2.05, 4.69) is 5.38 Å². The fraction of sp³-hybridized carbons (Fsp3) is 0.250. The number of fused-ring (bicyclic) bond motifs is 1. The van der Waals surface area contributed by atoms with Gasteiger partial charge in [-0.25, -0.2) is 8.42 Å². The summed E-state index contributed by atoms with van der Waals surface area (Å²) in [4.78, 5) is 0.666. The predicted octanol–water partition coefficient (Wildman–Crippen LogP) is 3.49. The van der Waals surface area contributed by atoms with Crippen LogP contribution in [0.2, 0.25) is 0 Å². The number of hydrogen-bond acceptors (Lipinski definition) is 5. The summed E-state index contributed by atoms with van der Waals surface area (Å²) in [5.41, 5.74) is 2.24. The van der Waals surface area contributed by atoms with Crippen molar-refractivity contribution in [3.05, 3.63) is 26.3 Å². The Kier molecular flexibility index (Phi) is 3.32. The van der Waals surface area contributed by atoms with Crippen LogP contribution in [0.3, 0.4) is 0 Å². The molecule has 0 amide bonds. The molecular weight excluding hydrogens is 286 g/mol. The Hall–Kier alpha value is -1.16. The van der Waals surface area contributed by atoms with Crippen molar-refractivity contribution in [2.75, 3.05) is 6.26 Å². The second-order valence-corrected chi connectivity index (χ2v) is 8.24. The minimum Gasteiger partial charge on any atom is -0.223 e. The van der Waals surface area contributed by atoms with Gasteiger partial charge in [-0.15, -0.1) is 22.7 Å². The van der Waals surface area contributed by atoms with Gasteiger partial charge in [0, 0.05) is 16.5 Å². The second-order valence-electron chi connectivity index (χ2n) is 4.07. The molecule has 0 aliphatic heterocycles. The van der Waals surface area contributed by atoms with Crippen LogP contribution >= 0.6 is 22.7 Å². The molecule has 18 heavy (non-hydrogen) atoms. The lowest BCUT2D eigenvalue weighted by Crippen LogP contribution is -1.98. The van der Waals surface area contributed by atoms with Crippen molar-refractivity contribution in [2.45, 2.75) is 13.8 Å². The molecule has 6 heteroatoms. The molecule has 0 aliphatic rings. The van der Waals surface area contributed by atoms with E-state index in [9.17, 15) is 8.42 Å². The van der Waals surface area contributed by atoms with E-state index in [1.807, 2.05) is 13.8 Å². The highest BCUT2D eigenvalue weighted by Crippen LogP contribution is 2.38. The summed E-state index contributed by atoms with van der Waals surface area (Å²) in [6.07, 6.45) is 2.53. The summed E-state index contributed by atoms with van der Waals surface area (Å²) in [6, 6.07) is 1.75. The molecule has 0 radical (unpaired) electrons. The molecule has 2 heterocycles. The summed E-state index contributed by atoms with van der Waals surface area (Å²) in [5.74, 6) is 0. The number of nitrogens with zero attached hydrogens (tertiary/aromatic N) is 1. The van der Waals surface area contributed by atoms with Gasteiger partial charge in [0.15, 0.2) is 9.84 Å². The first kappa shape index (κ1) is 13.3. The molecule has 0 N–H and O–H groups in total. The summed E-state index contributed by atoms with van der Waals surface area (Å²) in [7, 11) is -3.45. The lowest BCUT2D eigenvalue weighted by atomic mass is 10.1. The van der Waals surface area contributed by atoms with Gasteiger partial charge in [0.05, 0.1) is 4.01 Å². The number of allylic oxidation sites excluding steroid dienone is 1. The third-order valence-corrected chi connectivity index (χ3v) is 6.13. The SMILES string of the molecule is Cc1csc2sc(C=C(C#N)S(C)(=O)=O)c(C)c12. The minimum atomic E-state index is -3.45. The van der Waals surface area contributed by atoms with E-state index in [0.717, 1.165) is 16.7 Å². The minimum absolute atomic E-state index is 0.183. The summed E-state index contributed by atoms with van der Waals surface area (Å²) in [5, 5.41) is 12.2. The van der Waals surface area contributed by atoms with Crippen molar-refractivity contribution in [3.63, 3.8) is 0 Å². The van der Waals surface area contributed by atoms with E-state index in [1.165, 1.54) is 32.4 Å². The van der Waals surface area contributed by atoms with Gasteiger partial charge < -0.3 is 0 Å². The van der Waals surface area contributed by atoms with Gasteiger partial charge in [0.1, 0.15) is 11.0 Å². The average molecular weight is 297 g/mol. The maximum Gasteiger partial charge on any atom is 0.185 e. The third-order valence-electron chi connectivity index (χ3n) is 2.66. The van der Waals surface area contributed by atoms with Crippen molar-refractivity contribution in [3.8, 4) is 6.07 Å². The molecule has 3 nitrogen and oxygen atoms in total. The highest BCUT2D eigenvalue weighted by Gasteiger charge is 2.15. The van der Waals surface area contributed by atoms with Crippen LogP contribution in [0.4, 0.5) is 0 Å². The van der Waals surface area contributed by atoms with Crippen LogP contribution in [0.5, 0.6) is 0 Å². The van der Waals surface area contributed by atoms with Gasteiger partial charge in [0.2, 0.25) is 0 Å². The van der Waals surface area contributed by atoms with Crippen molar-refractivity contribution in [1.29, 1.82) is 5.26 Å². The third kappa shape index (κ3) is 2.21. The number of aryl methyl sites for hydroxylation is 2. The molecule has 0 spiro atoms. The fourth-order valence-electron chi connectivity index (χ4n) is 1.72. The van der Waals surface area contributed by atoms with Crippen LogP contribution < -0.4 is 0 Å². The lowest BCUT2D eigenvalue weighted by Gasteiger charge is -1.95. The molecule has 0 aromatic carbocycles. The quantitative estimate of drug-likeness (QED) is 0.797. The van der Waals surface area contributed by atoms with Crippen molar-refractivity contribution in [1.82, 2.24) is 0 Å². The number of thiophene rings is 2. The molecule has 2 rings (SSSR count). The van der Waals surface area contributed by atoms with Crippen LogP contribution in [-0.2, 0) is 9.84 Å². The zero-order valence-corrected chi connectivity index (χ0v) is 12.6. The molecule has 0 aliphatic carbocycles. The second kappa shape index (κ2) is 4.50. The van der Waals surface area contributed by atoms with E-state index in [-0.39, 0.29) is 4.91 Å². The number of hydrogen-bond donors (Lipinski definition) is 0. The Morgan fingerprint density at radius 3 is 2.61 bits per heavy atom. The number of nitriles is 1. The summed E-state index contributed by atoms with van der Waals surface area (Å²) in [6.45, 7) is 4.00. The summed E-state index contributed by atoms with van der Waals surface area (Å²) >= 11 is 3.18. The molecule has 94 valence electrons.